The molecule has 1 saturated heterocycles. The molecule has 1 fully saturated rings. The quantitative estimate of drug-likeness (QED) is 0.721. The molecule has 3 heterocycles. The molecule has 29 heavy (non-hydrogen) atoms. The average Bonchev–Trinajstić information content (AvgIpc) is 3.33. The average molecular weight is 409 g/mol. The molecule has 2 amide bonds. The molecule has 0 radical (unpaired) electrons. The van der Waals surface area contributed by atoms with Crippen LogP contribution >= 0.6 is 11.3 Å². The number of nitrogens with zero attached hydrogens (tertiary/aromatic N) is 3. The number of hydrogen-bond acceptors (Lipinski definition) is 4. The van der Waals surface area contributed by atoms with Gasteiger partial charge in [0.2, 0.25) is 5.91 Å². The number of nitrogens with two attached hydrogens (primary N) is 1. The van der Waals surface area contributed by atoms with E-state index in [9.17, 15) is 9.59 Å². The summed E-state index contributed by atoms with van der Waals surface area (Å²) in [5.41, 5.74) is 9.87. The fourth-order valence-corrected chi connectivity index (χ4v) is 4.81. The lowest BCUT2D eigenvalue weighted by molar-refractivity contribution is 0.0747. The van der Waals surface area contributed by atoms with Crippen LogP contribution in [0.2, 0.25) is 0 Å². The zero-order chi connectivity index (χ0) is 20.5. The van der Waals surface area contributed by atoms with E-state index in [0.29, 0.717) is 18.7 Å². The fourth-order valence-electron chi connectivity index (χ4n) is 3.80. The van der Waals surface area contributed by atoms with Crippen molar-refractivity contribution in [3.05, 3.63) is 70.4 Å². The fraction of sp³-hybridized carbons (Fsp3) is 0.273. The molecule has 150 valence electrons. The van der Waals surface area contributed by atoms with Crippen molar-refractivity contribution in [2.24, 2.45) is 5.73 Å². The van der Waals surface area contributed by atoms with Gasteiger partial charge in [0.05, 0.1) is 5.56 Å². The summed E-state index contributed by atoms with van der Waals surface area (Å²) in [5, 5.41) is 2.97. The summed E-state index contributed by atoms with van der Waals surface area (Å²) in [5.74, 6) is -0.343. The Kier molecular flexibility index (Phi) is 5.15. The Hall–Kier alpha value is -3.06. The van der Waals surface area contributed by atoms with Crippen LogP contribution in [0, 0.1) is 13.8 Å². The Morgan fingerprint density at radius 1 is 0.897 bits per heavy atom. The van der Waals surface area contributed by atoms with Gasteiger partial charge in [0.1, 0.15) is 5.00 Å². The van der Waals surface area contributed by atoms with Gasteiger partial charge in [0.25, 0.3) is 5.91 Å². The van der Waals surface area contributed by atoms with Gasteiger partial charge in [-0.3, -0.25) is 9.59 Å². The Bertz CT molecular complexity index is 1020. The number of primary amides is 1. The molecule has 6 nitrogen and oxygen atoms in total. The van der Waals surface area contributed by atoms with Crippen LogP contribution in [0.4, 0.5) is 5.69 Å². The van der Waals surface area contributed by atoms with Gasteiger partial charge in [0, 0.05) is 48.8 Å². The number of anilines is 1. The summed E-state index contributed by atoms with van der Waals surface area (Å²) in [6.07, 6.45) is 0. The lowest BCUT2D eigenvalue weighted by Gasteiger charge is -2.36. The first-order valence-corrected chi connectivity index (χ1v) is 10.5. The van der Waals surface area contributed by atoms with Gasteiger partial charge in [0.15, 0.2) is 0 Å². The molecule has 1 aliphatic heterocycles. The standard InChI is InChI=1S/C22H24N4O2S/c1-15-3-4-16(2)26(15)22-19(9-14-29-22)21(28)25-12-10-24(11-13-25)18-7-5-17(6-8-18)20(23)27/h3-9,14H,10-13H2,1-2H3,(H2,23,27). The molecule has 7 heteroatoms. The normalized spacial score (nSPS) is 14.3. The maximum atomic E-state index is 13.2. The van der Waals surface area contributed by atoms with E-state index in [0.717, 1.165) is 40.7 Å². The van der Waals surface area contributed by atoms with E-state index in [1.165, 1.54) is 0 Å². The van der Waals surface area contributed by atoms with Gasteiger partial charge in [-0.05, 0) is 61.7 Å². The van der Waals surface area contributed by atoms with Crippen LogP contribution in [-0.4, -0.2) is 47.5 Å². The number of thiophene rings is 1. The van der Waals surface area contributed by atoms with E-state index >= 15 is 0 Å². The number of rotatable bonds is 4. The smallest absolute Gasteiger partial charge is 0.256 e. The largest absolute Gasteiger partial charge is 0.368 e. The Labute approximate surface area is 174 Å². The molecule has 4 rings (SSSR count). The summed E-state index contributed by atoms with van der Waals surface area (Å²) in [4.78, 5) is 28.6. The maximum absolute atomic E-state index is 13.2. The van der Waals surface area contributed by atoms with E-state index in [1.54, 1.807) is 23.5 Å². The van der Waals surface area contributed by atoms with Crippen molar-refractivity contribution in [1.82, 2.24) is 9.47 Å². The highest BCUT2D eigenvalue weighted by Crippen LogP contribution is 2.27. The Morgan fingerprint density at radius 2 is 1.52 bits per heavy atom. The first-order valence-electron chi connectivity index (χ1n) is 9.62. The van der Waals surface area contributed by atoms with Crippen LogP contribution < -0.4 is 10.6 Å². The van der Waals surface area contributed by atoms with Crippen LogP contribution in [0.1, 0.15) is 32.1 Å². The molecule has 2 aromatic heterocycles. The highest BCUT2D eigenvalue weighted by Gasteiger charge is 2.25. The number of carbonyl (C=O) groups excluding carboxylic acids is 2. The highest BCUT2D eigenvalue weighted by molar-refractivity contribution is 7.13. The zero-order valence-corrected chi connectivity index (χ0v) is 17.4. The highest BCUT2D eigenvalue weighted by atomic mass is 32.1. The molecule has 0 saturated carbocycles. The minimum atomic E-state index is -0.424. The second kappa shape index (κ2) is 7.75. The molecule has 2 N–H and O–H groups in total. The predicted molar refractivity (Wildman–Crippen MR) is 116 cm³/mol. The van der Waals surface area contributed by atoms with E-state index in [1.807, 2.05) is 28.5 Å². The van der Waals surface area contributed by atoms with Crippen LogP contribution in [0.5, 0.6) is 0 Å². The number of aromatic nitrogens is 1. The van der Waals surface area contributed by atoms with Gasteiger partial charge in [-0.15, -0.1) is 11.3 Å². The first-order chi connectivity index (χ1) is 14.0. The number of amides is 2. The van der Waals surface area contributed by atoms with Gasteiger partial charge in [-0.25, -0.2) is 0 Å². The Balaban J connectivity index is 1.46. The van der Waals surface area contributed by atoms with Gasteiger partial charge in [-0.1, -0.05) is 0 Å². The second-order valence-electron chi connectivity index (χ2n) is 7.28. The van der Waals surface area contributed by atoms with Crippen molar-refractivity contribution < 1.29 is 9.59 Å². The van der Waals surface area contributed by atoms with Gasteiger partial charge >= 0.3 is 0 Å². The third-order valence-corrected chi connectivity index (χ3v) is 6.33. The topological polar surface area (TPSA) is 71.6 Å². The molecule has 3 aromatic rings. The predicted octanol–water partition coefficient (Wildman–Crippen LogP) is 3.22. The maximum Gasteiger partial charge on any atom is 0.256 e. The number of carbonyl (C=O) groups is 2. The molecule has 1 aliphatic rings. The second-order valence-corrected chi connectivity index (χ2v) is 8.18. The summed E-state index contributed by atoms with van der Waals surface area (Å²) in [7, 11) is 0. The van der Waals surface area contributed by atoms with Crippen LogP contribution in [0.3, 0.4) is 0 Å². The summed E-state index contributed by atoms with van der Waals surface area (Å²) in [6, 6.07) is 13.4. The third-order valence-electron chi connectivity index (χ3n) is 5.43. The molecule has 0 atom stereocenters. The molecule has 0 spiro atoms. The third kappa shape index (κ3) is 3.65. The van der Waals surface area contributed by atoms with Crippen molar-refractivity contribution in [2.75, 3.05) is 31.1 Å². The monoisotopic (exact) mass is 408 g/mol. The van der Waals surface area contributed by atoms with Crippen molar-refractivity contribution in [3.63, 3.8) is 0 Å². The van der Waals surface area contributed by atoms with Gasteiger partial charge < -0.3 is 20.1 Å². The van der Waals surface area contributed by atoms with E-state index < -0.39 is 5.91 Å². The molecule has 1 aromatic carbocycles. The first kappa shape index (κ1) is 19.3. The van der Waals surface area contributed by atoms with E-state index in [2.05, 4.69) is 35.4 Å². The summed E-state index contributed by atoms with van der Waals surface area (Å²) in [6.45, 7) is 6.95. The minimum Gasteiger partial charge on any atom is -0.368 e. The summed E-state index contributed by atoms with van der Waals surface area (Å²) < 4.78 is 2.15. The van der Waals surface area contributed by atoms with Crippen molar-refractivity contribution in [1.29, 1.82) is 0 Å². The van der Waals surface area contributed by atoms with Crippen LogP contribution in [0.15, 0.2) is 47.8 Å². The Morgan fingerprint density at radius 3 is 2.10 bits per heavy atom. The molecule has 0 bridgehead atoms. The SMILES string of the molecule is Cc1ccc(C)n1-c1sccc1C(=O)N1CCN(c2ccc(C(N)=O)cc2)CC1. The lowest BCUT2D eigenvalue weighted by atomic mass is 10.1. The molecule has 0 aliphatic carbocycles. The van der Waals surface area contributed by atoms with Crippen molar-refractivity contribution in [2.45, 2.75) is 13.8 Å². The van der Waals surface area contributed by atoms with Crippen LogP contribution in [-0.2, 0) is 0 Å². The number of piperazine rings is 1. The number of benzene rings is 1. The zero-order valence-electron chi connectivity index (χ0n) is 16.6. The van der Waals surface area contributed by atoms with Crippen LogP contribution in [0.25, 0.3) is 5.00 Å². The molecule has 0 unspecified atom stereocenters. The molecular formula is C22H24N4O2S. The minimum absolute atomic E-state index is 0.0810. The van der Waals surface area contributed by atoms with E-state index in [4.69, 9.17) is 5.73 Å². The number of hydrogen-bond donors (Lipinski definition) is 1. The van der Waals surface area contributed by atoms with Gasteiger partial charge in [-0.2, -0.15) is 0 Å². The molecular weight excluding hydrogens is 384 g/mol. The van der Waals surface area contributed by atoms with Crippen molar-refractivity contribution in [3.8, 4) is 5.00 Å². The summed E-state index contributed by atoms with van der Waals surface area (Å²) >= 11 is 1.60. The number of aryl methyl sites for hydroxylation is 2. The van der Waals surface area contributed by atoms with Crippen molar-refractivity contribution >= 4 is 28.8 Å². The lowest BCUT2D eigenvalue weighted by Crippen LogP contribution is -2.48. The van der Waals surface area contributed by atoms with E-state index in [-0.39, 0.29) is 5.91 Å².